The molecule has 1 unspecified atom stereocenters. The van der Waals surface area contributed by atoms with Gasteiger partial charge in [-0.2, -0.15) is 0 Å². The van der Waals surface area contributed by atoms with Gasteiger partial charge in [-0.15, -0.1) is 0 Å². The molecule has 0 bridgehead atoms. The summed E-state index contributed by atoms with van der Waals surface area (Å²) >= 11 is 0. The second-order valence-electron chi connectivity index (χ2n) is 5.48. The Morgan fingerprint density at radius 2 is 1.76 bits per heavy atom. The Bertz CT molecular complexity index is 501. The van der Waals surface area contributed by atoms with E-state index < -0.39 is 11.6 Å². The number of rotatable bonds is 4. The Morgan fingerprint density at radius 1 is 1.24 bits per heavy atom. The van der Waals surface area contributed by atoms with Gasteiger partial charge in [0.15, 0.2) is 0 Å². The van der Waals surface area contributed by atoms with E-state index in [-0.39, 0.29) is 17.1 Å². The minimum Gasteiger partial charge on any atom is -0.384 e. The molecule has 0 amide bonds. The molecule has 1 saturated heterocycles. The lowest BCUT2D eigenvalue weighted by atomic mass is 10.1. The quantitative estimate of drug-likeness (QED) is 0.661. The highest BCUT2D eigenvalue weighted by Gasteiger charge is 2.24. The van der Waals surface area contributed by atoms with Gasteiger partial charge in [-0.3, -0.25) is 10.3 Å². The molecular formula is C15H22F2N4. The largest absolute Gasteiger partial charge is 0.384 e. The molecule has 6 heteroatoms. The number of anilines is 1. The van der Waals surface area contributed by atoms with Gasteiger partial charge in [0, 0.05) is 37.8 Å². The summed E-state index contributed by atoms with van der Waals surface area (Å²) in [6, 6.07) is 2.74. The minimum absolute atomic E-state index is 0.0104. The first-order chi connectivity index (χ1) is 9.93. The number of nitrogens with zero attached hydrogens (tertiary/aromatic N) is 2. The van der Waals surface area contributed by atoms with Crippen LogP contribution in [0.15, 0.2) is 12.1 Å². The van der Waals surface area contributed by atoms with Crippen molar-refractivity contribution in [3.05, 3.63) is 29.3 Å². The van der Waals surface area contributed by atoms with Gasteiger partial charge in [0.25, 0.3) is 0 Å². The molecule has 0 aromatic heterocycles. The van der Waals surface area contributed by atoms with Crippen molar-refractivity contribution in [2.75, 3.05) is 31.1 Å². The zero-order chi connectivity index (χ0) is 15.6. The Morgan fingerprint density at radius 3 is 2.19 bits per heavy atom. The lowest BCUT2D eigenvalue weighted by Gasteiger charge is -2.39. The first-order valence-electron chi connectivity index (χ1n) is 7.26. The summed E-state index contributed by atoms with van der Waals surface area (Å²) in [5, 5.41) is 7.26. The first kappa shape index (κ1) is 15.7. The van der Waals surface area contributed by atoms with Gasteiger partial charge in [0.1, 0.15) is 23.2 Å². The van der Waals surface area contributed by atoms with Crippen LogP contribution in [-0.2, 0) is 0 Å². The molecule has 116 valence electrons. The van der Waals surface area contributed by atoms with Crippen LogP contribution in [0.1, 0.15) is 25.8 Å². The summed E-state index contributed by atoms with van der Waals surface area (Å²) in [6.07, 6.45) is 1.07. The number of nitrogens with two attached hydrogens (primary N) is 1. The second-order valence-corrected chi connectivity index (χ2v) is 5.48. The molecule has 2 rings (SSSR count). The molecule has 1 fully saturated rings. The van der Waals surface area contributed by atoms with Gasteiger partial charge in [-0.1, -0.05) is 6.92 Å². The molecule has 4 nitrogen and oxygen atoms in total. The average molecular weight is 296 g/mol. The van der Waals surface area contributed by atoms with Crippen molar-refractivity contribution < 1.29 is 8.78 Å². The molecule has 1 aromatic carbocycles. The third kappa shape index (κ3) is 3.32. The maximum atomic E-state index is 14.1. The van der Waals surface area contributed by atoms with E-state index in [9.17, 15) is 8.78 Å². The van der Waals surface area contributed by atoms with E-state index in [2.05, 4.69) is 18.7 Å². The van der Waals surface area contributed by atoms with Crippen molar-refractivity contribution in [3.8, 4) is 0 Å². The molecular weight excluding hydrogens is 274 g/mol. The highest BCUT2D eigenvalue weighted by Crippen LogP contribution is 2.26. The van der Waals surface area contributed by atoms with Crippen molar-refractivity contribution in [2.24, 2.45) is 5.73 Å². The summed E-state index contributed by atoms with van der Waals surface area (Å²) in [4.78, 5) is 4.06. The molecule has 1 aliphatic heterocycles. The van der Waals surface area contributed by atoms with E-state index >= 15 is 0 Å². The van der Waals surface area contributed by atoms with Crippen LogP contribution in [0.3, 0.4) is 0 Å². The Balaban J connectivity index is 2.15. The fourth-order valence-electron chi connectivity index (χ4n) is 2.67. The van der Waals surface area contributed by atoms with E-state index in [4.69, 9.17) is 11.1 Å². The van der Waals surface area contributed by atoms with Crippen molar-refractivity contribution in [1.82, 2.24) is 4.90 Å². The van der Waals surface area contributed by atoms with Crippen molar-refractivity contribution in [1.29, 1.82) is 5.41 Å². The number of amidine groups is 1. The Kier molecular flexibility index (Phi) is 4.77. The number of halogens is 2. The standard InChI is InChI=1S/C15H22F2N4/c1-3-10(2)20-4-6-21(7-5-20)14-12(16)8-11(15(18)19)9-13(14)17/h8-10H,3-7H2,1-2H3,(H3,18,19). The number of hydrogen-bond donors (Lipinski definition) is 2. The maximum Gasteiger partial charge on any atom is 0.150 e. The van der Waals surface area contributed by atoms with E-state index in [1.54, 1.807) is 4.90 Å². The zero-order valence-electron chi connectivity index (χ0n) is 12.5. The molecule has 1 aromatic rings. The summed E-state index contributed by atoms with van der Waals surface area (Å²) in [6.45, 7) is 7.08. The van der Waals surface area contributed by atoms with Gasteiger partial charge in [-0.05, 0) is 25.5 Å². The van der Waals surface area contributed by atoms with Gasteiger partial charge in [0.05, 0.1) is 0 Å². The van der Waals surface area contributed by atoms with Crippen LogP contribution in [0.2, 0.25) is 0 Å². The number of nitrogen functional groups attached to an aromatic ring is 1. The highest BCUT2D eigenvalue weighted by molar-refractivity contribution is 5.95. The second kappa shape index (κ2) is 6.39. The van der Waals surface area contributed by atoms with E-state index in [0.717, 1.165) is 31.6 Å². The van der Waals surface area contributed by atoms with Crippen LogP contribution >= 0.6 is 0 Å². The number of benzene rings is 1. The topological polar surface area (TPSA) is 56.4 Å². The van der Waals surface area contributed by atoms with Crippen LogP contribution in [0, 0.1) is 17.0 Å². The van der Waals surface area contributed by atoms with E-state index in [1.165, 1.54) is 0 Å². The summed E-state index contributed by atoms with van der Waals surface area (Å²) in [5.74, 6) is -1.64. The number of nitrogens with one attached hydrogen (secondary N) is 1. The minimum atomic E-state index is -0.655. The molecule has 0 spiro atoms. The molecule has 1 atom stereocenters. The third-order valence-electron chi connectivity index (χ3n) is 4.17. The van der Waals surface area contributed by atoms with Crippen LogP contribution in [0.5, 0.6) is 0 Å². The third-order valence-corrected chi connectivity index (χ3v) is 4.17. The van der Waals surface area contributed by atoms with Gasteiger partial charge in [-0.25, -0.2) is 8.78 Å². The zero-order valence-corrected chi connectivity index (χ0v) is 12.5. The fourth-order valence-corrected chi connectivity index (χ4v) is 2.67. The predicted octanol–water partition coefficient (Wildman–Crippen LogP) is 2.17. The van der Waals surface area contributed by atoms with Crippen LogP contribution in [0.25, 0.3) is 0 Å². The number of piperazine rings is 1. The molecule has 0 aliphatic carbocycles. The monoisotopic (exact) mass is 296 g/mol. The van der Waals surface area contributed by atoms with Crippen molar-refractivity contribution in [3.63, 3.8) is 0 Å². The molecule has 1 aliphatic rings. The summed E-state index contributed by atoms with van der Waals surface area (Å²) in [5.41, 5.74) is 5.34. The summed E-state index contributed by atoms with van der Waals surface area (Å²) < 4.78 is 28.3. The normalized spacial score (nSPS) is 17.8. The predicted molar refractivity (Wildman–Crippen MR) is 80.9 cm³/mol. The van der Waals surface area contributed by atoms with Crippen LogP contribution in [0.4, 0.5) is 14.5 Å². The van der Waals surface area contributed by atoms with Gasteiger partial charge in [0.2, 0.25) is 0 Å². The summed E-state index contributed by atoms with van der Waals surface area (Å²) in [7, 11) is 0. The number of hydrogen-bond acceptors (Lipinski definition) is 3. The smallest absolute Gasteiger partial charge is 0.150 e. The van der Waals surface area contributed by atoms with Crippen LogP contribution in [-0.4, -0.2) is 43.0 Å². The first-order valence-corrected chi connectivity index (χ1v) is 7.26. The SMILES string of the molecule is CCC(C)N1CCN(c2c(F)cc(C(=N)N)cc2F)CC1. The lowest BCUT2D eigenvalue weighted by Crippen LogP contribution is -2.50. The highest BCUT2D eigenvalue weighted by atomic mass is 19.1. The van der Waals surface area contributed by atoms with E-state index in [1.807, 2.05) is 0 Å². The molecule has 0 saturated carbocycles. The lowest BCUT2D eigenvalue weighted by molar-refractivity contribution is 0.192. The van der Waals surface area contributed by atoms with Crippen molar-refractivity contribution >= 4 is 11.5 Å². The maximum absolute atomic E-state index is 14.1. The Labute approximate surface area is 124 Å². The Hall–Kier alpha value is -1.69. The van der Waals surface area contributed by atoms with E-state index in [0.29, 0.717) is 19.1 Å². The van der Waals surface area contributed by atoms with Crippen LogP contribution < -0.4 is 10.6 Å². The van der Waals surface area contributed by atoms with Gasteiger partial charge < -0.3 is 10.6 Å². The fraction of sp³-hybridized carbons (Fsp3) is 0.533. The molecule has 3 N–H and O–H groups in total. The molecule has 1 heterocycles. The average Bonchev–Trinajstić information content (AvgIpc) is 2.46. The molecule has 21 heavy (non-hydrogen) atoms. The van der Waals surface area contributed by atoms with Crippen molar-refractivity contribution in [2.45, 2.75) is 26.3 Å². The molecule has 0 radical (unpaired) electrons. The van der Waals surface area contributed by atoms with Gasteiger partial charge >= 0.3 is 0 Å².